The van der Waals surface area contributed by atoms with Crippen LogP contribution >= 0.6 is 0 Å². The van der Waals surface area contributed by atoms with E-state index < -0.39 is 0 Å². The van der Waals surface area contributed by atoms with E-state index in [1.54, 1.807) is 0 Å². The smallest absolute Gasteiger partial charge is 0.0861 e. The number of nitrogens with zero attached hydrogens (tertiary/aromatic N) is 1. The molecule has 0 bridgehead atoms. The second-order valence-corrected chi connectivity index (χ2v) is 13.9. The summed E-state index contributed by atoms with van der Waals surface area (Å²) in [5, 5.41) is 14.0. The highest BCUT2D eigenvalue weighted by atomic mass is 14.9. The third-order valence-corrected chi connectivity index (χ3v) is 10.9. The molecule has 2 heterocycles. The zero-order valence-electron chi connectivity index (χ0n) is 27.6. The zero-order chi connectivity index (χ0) is 32.7. The Hall–Kier alpha value is -5.99. The van der Waals surface area contributed by atoms with Crippen molar-refractivity contribution in [1.82, 2.24) is 10.3 Å². The maximum absolute atomic E-state index is 4.61. The highest BCUT2D eigenvalue weighted by molar-refractivity contribution is 6.26. The van der Waals surface area contributed by atoms with E-state index in [-0.39, 0.29) is 5.41 Å². The molecule has 0 saturated heterocycles. The molecule has 8 aromatic rings. The van der Waals surface area contributed by atoms with E-state index in [9.17, 15) is 0 Å². The average Bonchev–Trinajstić information content (AvgIpc) is 3.38. The summed E-state index contributed by atoms with van der Waals surface area (Å²) in [6.45, 7) is 5.49. The molecule has 10 rings (SSSR count). The van der Waals surface area contributed by atoms with Crippen LogP contribution in [-0.4, -0.2) is 11.5 Å². The van der Waals surface area contributed by atoms with Crippen molar-refractivity contribution in [1.29, 1.82) is 0 Å². The first-order valence-electron chi connectivity index (χ1n) is 17.2. The minimum atomic E-state index is -0.115. The molecule has 232 valence electrons. The van der Waals surface area contributed by atoms with E-state index in [0.717, 1.165) is 17.9 Å². The van der Waals surface area contributed by atoms with Gasteiger partial charge in [0.25, 0.3) is 0 Å². The van der Waals surface area contributed by atoms with E-state index in [4.69, 9.17) is 0 Å². The fourth-order valence-corrected chi connectivity index (χ4v) is 8.63. The molecule has 1 aromatic heterocycles. The Morgan fingerprint density at radius 2 is 1.12 bits per heavy atom. The van der Waals surface area contributed by atoms with Crippen molar-refractivity contribution < 1.29 is 0 Å². The minimum Gasteiger partial charge on any atom is -0.379 e. The van der Waals surface area contributed by atoms with Gasteiger partial charge in [0.2, 0.25) is 0 Å². The number of benzene rings is 7. The Morgan fingerprint density at radius 1 is 0.510 bits per heavy atom. The van der Waals surface area contributed by atoms with Crippen LogP contribution in [0.2, 0.25) is 0 Å². The van der Waals surface area contributed by atoms with Crippen LogP contribution in [0.15, 0.2) is 152 Å². The number of allylic oxidation sites excluding steroid dienone is 2. The van der Waals surface area contributed by atoms with Gasteiger partial charge in [0, 0.05) is 18.2 Å². The Balaban J connectivity index is 1.38. The quantitative estimate of drug-likeness (QED) is 0.197. The van der Waals surface area contributed by atoms with Gasteiger partial charge in [0.1, 0.15) is 0 Å². The van der Waals surface area contributed by atoms with Crippen LogP contribution in [0.3, 0.4) is 0 Å². The molecule has 2 nitrogen and oxygen atoms in total. The molecule has 1 N–H and O–H groups in total. The number of nitrogens with one attached hydrogen (secondary N) is 1. The summed E-state index contributed by atoms with van der Waals surface area (Å²) in [6.07, 6.45) is 6.35. The monoisotopic (exact) mass is 626 g/mol. The normalized spacial score (nSPS) is 14.8. The summed E-state index contributed by atoms with van der Waals surface area (Å²) in [5.41, 5.74) is 12.6. The number of fused-ring (bicyclic) bond motifs is 7. The first-order chi connectivity index (χ1) is 24.1. The van der Waals surface area contributed by atoms with Gasteiger partial charge >= 0.3 is 0 Å². The highest BCUT2D eigenvalue weighted by Crippen LogP contribution is 2.53. The van der Waals surface area contributed by atoms with Gasteiger partial charge < -0.3 is 5.32 Å². The van der Waals surface area contributed by atoms with Gasteiger partial charge in [0.05, 0.1) is 11.4 Å². The second kappa shape index (κ2) is 10.5. The SMILES string of the molecule is CC1(C)c2ccccc2-c2cc3c(C4=CC=C(c5ccccn5)NC4)c4ccccc4c(-c4c5ccccc5cc5ccccc45)c3cc21. The summed E-state index contributed by atoms with van der Waals surface area (Å²) >= 11 is 0. The van der Waals surface area contributed by atoms with Crippen molar-refractivity contribution in [3.63, 3.8) is 0 Å². The molecule has 0 radical (unpaired) electrons. The van der Waals surface area contributed by atoms with Crippen LogP contribution in [0, 0.1) is 0 Å². The van der Waals surface area contributed by atoms with Crippen LogP contribution in [0.1, 0.15) is 36.2 Å². The van der Waals surface area contributed by atoms with Gasteiger partial charge in [0.15, 0.2) is 0 Å². The van der Waals surface area contributed by atoms with Crippen molar-refractivity contribution in [3.05, 3.63) is 174 Å². The maximum Gasteiger partial charge on any atom is 0.0861 e. The zero-order valence-corrected chi connectivity index (χ0v) is 27.6. The number of pyridine rings is 1. The third kappa shape index (κ3) is 4.10. The molecule has 0 atom stereocenters. The molecule has 0 unspecified atom stereocenters. The summed E-state index contributed by atoms with van der Waals surface area (Å²) in [4.78, 5) is 4.61. The largest absolute Gasteiger partial charge is 0.379 e. The molecule has 0 spiro atoms. The van der Waals surface area contributed by atoms with Crippen molar-refractivity contribution >= 4 is 54.4 Å². The molecule has 1 aliphatic carbocycles. The molecule has 2 heteroatoms. The van der Waals surface area contributed by atoms with E-state index in [2.05, 4.69) is 158 Å². The van der Waals surface area contributed by atoms with E-state index >= 15 is 0 Å². The van der Waals surface area contributed by atoms with Gasteiger partial charge in [-0.15, -0.1) is 0 Å². The number of hydrogen-bond donors (Lipinski definition) is 1. The molecule has 0 amide bonds. The molecular formula is C47H34N2. The average molecular weight is 627 g/mol. The topological polar surface area (TPSA) is 24.9 Å². The van der Waals surface area contributed by atoms with Crippen LogP contribution < -0.4 is 5.32 Å². The molecule has 0 saturated carbocycles. The van der Waals surface area contributed by atoms with Gasteiger partial charge in [-0.2, -0.15) is 0 Å². The molecule has 49 heavy (non-hydrogen) atoms. The summed E-state index contributed by atoms with van der Waals surface area (Å²) in [7, 11) is 0. The molecule has 1 aliphatic heterocycles. The Labute approximate surface area is 286 Å². The number of dihydropyridines is 1. The number of aromatic nitrogens is 1. The molecule has 2 aliphatic rings. The van der Waals surface area contributed by atoms with Gasteiger partial charge in [-0.1, -0.05) is 123 Å². The predicted molar refractivity (Wildman–Crippen MR) is 208 cm³/mol. The standard InChI is InChI=1S/C47H34N2/c1-47(2)40-20-10-9-17-34(40)37-26-38-39(27-41(37)47)46(45-32-15-5-3-13-29(32)25-30-14-4-6-16-33(30)45)36-19-8-7-18-35(36)44(38)31-22-23-43(49-28-31)42-21-11-12-24-48-42/h3-27,49H,28H2,1-2H3. The Bertz CT molecular complexity index is 2680. The van der Waals surface area contributed by atoms with Crippen LogP contribution in [-0.2, 0) is 5.41 Å². The van der Waals surface area contributed by atoms with Gasteiger partial charge in [-0.3, -0.25) is 4.98 Å². The Kier molecular flexibility index (Phi) is 6.02. The molecule has 7 aromatic carbocycles. The summed E-state index contributed by atoms with van der Waals surface area (Å²) in [6, 6.07) is 49.3. The maximum atomic E-state index is 4.61. The first kappa shape index (κ1) is 28.1. The Morgan fingerprint density at radius 3 is 1.82 bits per heavy atom. The van der Waals surface area contributed by atoms with Crippen molar-refractivity contribution in [2.24, 2.45) is 0 Å². The van der Waals surface area contributed by atoms with Crippen molar-refractivity contribution in [2.45, 2.75) is 19.3 Å². The first-order valence-corrected chi connectivity index (χ1v) is 17.2. The molecule has 0 fully saturated rings. The fourth-order valence-electron chi connectivity index (χ4n) is 8.63. The number of hydrogen-bond acceptors (Lipinski definition) is 2. The third-order valence-electron chi connectivity index (χ3n) is 10.9. The highest BCUT2D eigenvalue weighted by Gasteiger charge is 2.36. The lowest BCUT2D eigenvalue weighted by molar-refractivity contribution is 0.661. The van der Waals surface area contributed by atoms with Crippen LogP contribution in [0.4, 0.5) is 0 Å². The second-order valence-electron chi connectivity index (χ2n) is 13.9. The van der Waals surface area contributed by atoms with E-state index in [1.165, 1.54) is 87.6 Å². The minimum absolute atomic E-state index is 0.115. The lowest BCUT2D eigenvalue weighted by Crippen LogP contribution is -2.19. The lowest BCUT2D eigenvalue weighted by atomic mass is 9.78. The predicted octanol–water partition coefficient (Wildman–Crippen LogP) is 11.7. The van der Waals surface area contributed by atoms with E-state index in [1.807, 2.05) is 18.3 Å². The molecular weight excluding hydrogens is 593 g/mol. The fraction of sp³-hybridized carbons (Fsp3) is 0.0851. The van der Waals surface area contributed by atoms with Crippen molar-refractivity contribution in [2.75, 3.05) is 6.54 Å². The van der Waals surface area contributed by atoms with E-state index in [0.29, 0.717) is 0 Å². The van der Waals surface area contributed by atoms with Crippen LogP contribution in [0.5, 0.6) is 0 Å². The number of rotatable bonds is 3. The summed E-state index contributed by atoms with van der Waals surface area (Å²) < 4.78 is 0. The summed E-state index contributed by atoms with van der Waals surface area (Å²) in [5.74, 6) is 0. The van der Waals surface area contributed by atoms with Gasteiger partial charge in [-0.05, 0) is 124 Å². The van der Waals surface area contributed by atoms with Crippen LogP contribution in [0.25, 0.3) is 76.6 Å². The van der Waals surface area contributed by atoms with Crippen molar-refractivity contribution in [3.8, 4) is 22.3 Å². The van der Waals surface area contributed by atoms with Gasteiger partial charge in [-0.25, -0.2) is 0 Å². The lowest BCUT2D eigenvalue weighted by Gasteiger charge is -2.26.